The normalized spacial score (nSPS) is 15.5. The number of carbonyl (C=O) groups is 1. The number of piperazine rings is 1. The smallest absolute Gasteiger partial charge is 0.246 e. The fourth-order valence-corrected chi connectivity index (χ4v) is 3.18. The van der Waals surface area contributed by atoms with Gasteiger partial charge in [0.1, 0.15) is 12.3 Å². The topological polar surface area (TPSA) is 34.0 Å². The molecule has 0 aliphatic carbocycles. The third-order valence-corrected chi connectivity index (χ3v) is 4.62. The largest absolute Gasteiger partial charge is 0.496 e. The van der Waals surface area contributed by atoms with Gasteiger partial charge in [0, 0.05) is 17.2 Å². The van der Waals surface area contributed by atoms with Crippen LogP contribution in [0.1, 0.15) is 11.1 Å². The highest BCUT2D eigenvalue weighted by Crippen LogP contribution is 2.18. The van der Waals surface area contributed by atoms with Crippen LogP contribution in [-0.2, 0) is 11.3 Å². The van der Waals surface area contributed by atoms with Crippen LogP contribution in [0.4, 0.5) is 0 Å². The highest BCUT2D eigenvalue weighted by Gasteiger charge is 2.22. The molecule has 0 aromatic heterocycles. The molecule has 0 unspecified atom stereocenters. The number of methoxy groups -OCH3 is 1. The molecule has 1 saturated heterocycles. The quantitative estimate of drug-likeness (QED) is 0.842. The Bertz CT molecular complexity index is 720. The molecule has 4 nitrogen and oxygen atoms in total. The monoisotopic (exact) mass is 337 g/mol. The second-order valence-electron chi connectivity index (χ2n) is 6.31. The van der Waals surface area contributed by atoms with Gasteiger partial charge in [-0.3, -0.25) is 4.79 Å². The van der Waals surface area contributed by atoms with Crippen molar-refractivity contribution in [3.63, 3.8) is 0 Å². The lowest BCUT2D eigenvalue weighted by atomic mass is 10.1. The van der Waals surface area contributed by atoms with Crippen LogP contribution >= 0.6 is 0 Å². The first-order chi connectivity index (χ1) is 12.3. The van der Waals surface area contributed by atoms with Gasteiger partial charge in [-0.1, -0.05) is 48.5 Å². The van der Waals surface area contributed by atoms with Crippen LogP contribution in [0, 0.1) is 0 Å². The number of rotatable bonds is 5. The lowest BCUT2D eigenvalue weighted by Crippen LogP contribution is -3.13. The maximum absolute atomic E-state index is 12.4. The summed E-state index contributed by atoms with van der Waals surface area (Å²) in [7, 11) is 1.64. The summed E-state index contributed by atoms with van der Waals surface area (Å²) in [6.45, 7) is 4.61. The molecule has 130 valence electrons. The number of hydrogen-bond acceptors (Lipinski definition) is 2. The minimum atomic E-state index is 0.0738. The molecule has 0 radical (unpaired) electrons. The first kappa shape index (κ1) is 17.2. The third kappa shape index (κ3) is 4.70. The van der Waals surface area contributed by atoms with Crippen molar-refractivity contribution >= 4 is 12.0 Å². The fourth-order valence-electron chi connectivity index (χ4n) is 3.18. The van der Waals surface area contributed by atoms with Crippen LogP contribution in [0.25, 0.3) is 6.08 Å². The Balaban J connectivity index is 1.52. The summed E-state index contributed by atoms with van der Waals surface area (Å²) in [5.74, 6) is 0.855. The second-order valence-corrected chi connectivity index (χ2v) is 6.31. The van der Waals surface area contributed by atoms with Gasteiger partial charge in [-0.25, -0.2) is 0 Å². The van der Waals surface area contributed by atoms with Gasteiger partial charge in [-0.2, -0.15) is 0 Å². The molecule has 2 aromatic carbocycles. The van der Waals surface area contributed by atoms with Gasteiger partial charge in [0.05, 0.1) is 33.3 Å². The summed E-state index contributed by atoms with van der Waals surface area (Å²) >= 11 is 0. The number of amides is 1. The van der Waals surface area contributed by atoms with Gasteiger partial charge in [-0.15, -0.1) is 0 Å². The van der Waals surface area contributed by atoms with Crippen molar-refractivity contribution in [1.82, 2.24) is 4.90 Å². The van der Waals surface area contributed by atoms with Gasteiger partial charge < -0.3 is 14.5 Å². The summed E-state index contributed by atoms with van der Waals surface area (Å²) in [5.41, 5.74) is 2.28. The summed E-state index contributed by atoms with van der Waals surface area (Å²) in [6, 6.07) is 18.3. The maximum Gasteiger partial charge on any atom is 0.246 e. The van der Waals surface area contributed by atoms with Crippen LogP contribution in [0.3, 0.4) is 0 Å². The Kier molecular flexibility index (Phi) is 5.86. The number of ether oxygens (including phenoxy) is 1. The molecule has 0 saturated carbocycles. The average molecular weight is 337 g/mol. The van der Waals surface area contributed by atoms with E-state index < -0.39 is 0 Å². The van der Waals surface area contributed by atoms with Crippen molar-refractivity contribution in [2.75, 3.05) is 33.3 Å². The van der Waals surface area contributed by atoms with E-state index in [4.69, 9.17) is 4.74 Å². The van der Waals surface area contributed by atoms with Crippen molar-refractivity contribution in [2.24, 2.45) is 0 Å². The molecule has 25 heavy (non-hydrogen) atoms. The number of hydrogen-bond donors (Lipinski definition) is 1. The number of benzene rings is 2. The Morgan fingerprint density at radius 3 is 2.48 bits per heavy atom. The van der Waals surface area contributed by atoms with E-state index in [-0.39, 0.29) is 5.91 Å². The zero-order valence-corrected chi connectivity index (χ0v) is 14.7. The molecular formula is C21H25N2O2+. The molecule has 1 aliphatic heterocycles. The van der Waals surface area contributed by atoms with Crippen LogP contribution in [0.15, 0.2) is 60.7 Å². The lowest BCUT2D eigenvalue weighted by Gasteiger charge is -2.31. The molecule has 4 heteroatoms. The van der Waals surface area contributed by atoms with E-state index in [1.165, 1.54) is 10.5 Å². The van der Waals surface area contributed by atoms with Crippen molar-refractivity contribution in [1.29, 1.82) is 0 Å². The number of nitrogens with one attached hydrogen (secondary N) is 1. The molecular weight excluding hydrogens is 312 g/mol. The molecule has 1 fully saturated rings. The van der Waals surface area contributed by atoms with E-state index in [2.05, 4.69) is 24.3 Å². The lowest BCUT2D eigenvalue weighted by molar-refractivity contribution is -0.917. The highest BCUT2D eigenvalue weighted by atomic mass is 16.5. The van der Waals surface area contributed by atoms with Crippen molar-refractivity contribution in [3.05, 3.63) is 71.8 Å². The number of quaternary nitrogens is 1. The van der Waals surface area contributed by atoms with Gasteiger partial charge in [0.2, 0.25) is 5.91 Å². The Morgan fingerprint density at radius 2 is 1.76 bits per heavy atom. The number of nitrogens with zero attached hydrogens (tertiary/aromatic N) is 1. The summed E-state index contributed by atoms with van der Waals surface area (Å²) in [4.78, 5) is 15.9. The van der Waals surface area contributed by atoms with E-state index in [9.17, 15) is 4.79 Å². The Hall–Kier alpha value is -2.59. The van der Waals surface area contributed by atoms with Gasteiger partial charge in [-0.05, 0) is 12.1 Å². The van der Waals surface area contributed by atoms with Crippen molar-refractivity contribution in [2.45, 2.75) is 6.54 Å². The molecule has 0 spiro atoms. The van der Waals surface area contributed by atoms with Gasteiger partial charge in [0.25, 0.3) is 0 Å². The molecule has 1 aliphatic rings. The number of carbonyl (C=O) groups excluding carboxylic acids is 1. The second kappa shape index (κ2) is 8.49. The minimum Gasteiger partial charge on any atom is -0.496 e. The van der Waals surface area contributed by atoms with Crippen molar-refractivity contribution in [3.8, 4) is 5.75 Å². The molecule has 0 atom stereocenters. The van der Waals surface area contributed by atoms with Gasteiger partial charge >= 0.3 is 0 Å². The first-order valence-corrected chi connectivity index (χ1v) is 8.74. The van der Waals surface area contributed by atoms with Crippen LogP contribution < -0.4 is 9.64 Å². The van der Waals surface area contributed by atoms with E-state index in [0.717, 1.165) is 44.0 Å². The maximum atomic E-state index is 12.4. The van der Waals surface area contributed by atoms with E-state index in [0.29, 0.717) is 0 Å². The van der Waals surface area contributed by atoms with Crippen LogP contribution in [-0.4, -0.2) is 44.1 Å². The molecule has 0 bridgehead atoms. The van der Waals surface area contributed by atoms with E-state index in [1.54, 1.807) is 13.2 Å². The van der Waals surface area contributed by atoms with Crippen molar-refractivity contribution < 1.29 is 14.4 Å². The van der Waals surface area contributed by atoms with Crippen LogP contribution in [0.2, 0.25) is 0 Å². The first-order valence-electron chi connectivity index (χ1n) is 8.74. The summed E-state index contributed by atoms with van der Waals surface area (Å²) in [6.07, 6.45) is 3.49. The molecule has 3 rings (SSSR count). The Labute approximate surface area is 149 Å². The average Bonchev–Trinajstić information content (AvgIpc) is 2.67. The minimum absolute atomic E-state index is 0.0738. The fraction of sp³-hybridized carbons (Fsp3) is 0.286. The summed E-state index contributed by atoms with van der Waals surface area (Å²) in [5, 5.41) is 0. The Morgan fingerprint density at radius 1 is 1.08 bits per heavy atom. The SMILES string of the molecule is COc1ccccc1/C=C/C(=O)N1CC[NH+](Cc2ccccc2)CC1. The highest BCUT2D eigenvalue weighted by molar-refractivity contribution is 5.92. The predicted octanol–water partition coefficient (Wildman–Crippen LogP) is 1.64. The van der Waals surface area contributed by atoms with Crippen LogP contribution in [0.5, 0.6) is 5.75 Å². The molecule has 1 amide bonds. The molecule has 1 heterocycles. The predicted molar refractivity (Wildman–Crippen MR) is 99.5 cm³/mol. The summed E-state index contributed by atoms with van der Waals surface area (Å²) < 4.78 is 5.31. The zero-order valence-electron chi connectivity index (χ0n) is 14.7. The number of para-hydroxylation sites is 1. The van der Waals surface area contributed by atoms with E-state index in [1.807, 2.05) is 41.3 Å². The molecule has 2 aromatic rings. The van der Waals surface area contributed by atoms with Gasteiger partial charge in [0.15, 0.2) is 0 Å². The molecule has 1 N–H and O–H groups in total. The third-order valence-electron chi connectivity index (χ3n) is 4.62. The standard InChI is InChI=1S/C21H24N2O2/c1-25-20-10-6-5-9-19(20)11-12-21(24)23-15-13-22(14-16-23)17-18-7-3-2-4-8-18/h2-12H,13-17H2,1H3/p+1/b12-11+. The zero-order chi connectivity index (χ0) is 17.5. The van der Waals surface area contributed by atoms with E-state index >= 15 is 0 Å².